The summed E-state index contributed by atoms with van der Waals surface area (Å²) in [6.07, 6.45) is 4.21. The molecule has 0 atom stereocenters. The fraction of sp³-hybridized carbons (Fsp3) is 0.462. The highest BCUT2D eigenvalue weighted by molar-refractivity contribution is 7.89. The van der Waals surface area contributed by atoms with E-state index >= 15 is 0 Å². The molecular formula is C13H17ClN2O2S2. The Morgan fingerprint density at radius 1 is 1.20 bits per heavy atom. The van der Waals surface area contributed by atoms with Gasteiger partial charge < -0.3 is 5.73 Å². The third-order valence-corrected chi connectivity index (χ3v) is 5.83. The highest BCUT2D eigenvalue weighted by atomic mass is 35.5. The first-order valence-electron chi connectivity index (χ1n) is 6.45. The quantitative estimate of drug-likeness (QED) is 0.831. The minimum atomic E-state index is -3.66. The van der Waals surface area contributed by atoms with Gasteiger partial charge in [-0.1, -0.05) is 43.1 Å². The Bertz CT molecular complexity index is 593. The van der Waals surface area contributed by atoms with Crippen LogP contribution < -0.4 is 10.5 Å². The number of nitrogens with two attached hydrogens (primary N) is 1. The van der Waals surface area contributed by atoms with Crippen molar-refractivity contribution in [1.82, 2.24) is 4.72 Å². The average molecular weight is 333 g/mol. The van der Waals surface area contributed by atoms with Crippen LogP contribution in [0.5, 0.6) is 0 Å². The summed E-state index contributed by atoms with van der Waals surface area (Å²) in [4.78, 5) is 0.387. The Balaban J connectivity index is 2.30. The predicted octanol–water partition coefficient (Wildman–Crippen LogP) is 2.61. The third-order valence-electron chi connectivity index (χ3n) is 3.63. The maximum Gasteiger partial charge on any atom is 0.241 e. The second-order valence-corrected chi connectivity index (χ2v) is 7.63. The number of hydrogen-bond acceptors (Lipinski definition) is 3. The summed E-state index contributed by atoms with van der Waals surface area (Å²) >= 11 is 10.9. The lowest BCUT2D eigenvalue weighted by atomic mass is 9.82. The van der Waals surface area contributed by atoms with E-state index in [9.17, 15) is 8.42 Å². The number of hydrogen-bond donors (Lipinski definition) is 2. The summed E-state index contributed by atoms with van der Waals surface area (Å²) in [6, 6.07) is 6.04. The second-order valence-electron chi connectivity index (χ2n) is 5.07. The number of rotatable bonds is 4. The Morgan fingerprint density at radius 3 is 2.25 bits per heavy atom. The molecule has 3 N–H and O–H groups in total. The van der Waals surface area contributed by atoms with Gasteiger partial charge in [-0.2, -0.15) is 4.72 Å². The van der Waals surface area contributed by atoms with E-state index in [4.69, 9.17) is 29.6 Å². The molecule has 2 rings (SSSR count). The van der Waals surface area contributed by atoms with Crippen LogP contribution in [0.2, 0.25) is 5.02 Å². The summed E-state index contributed by atoms with van der Waals surface area (Å²) in [6.45, 7) is 0. The second kappa shape index (κ2) is 5.97. The predicted molar refractivity (Wildman–Crippen MR) is 84.4 cm³/mol. The summed E-state index contributed by atoms with van der Waals surface area (Å²) in [7, 11) is -3.66. The van der Waals surface area contributed by atoms with Crippen molar-refractivity contribution in [3.8, 4) is 0 Å². The highest BCUT2D eigenvalue weighted by Gasteiger charge is 2.39. The van der Waals surface area contributed by atoms with Gasteiger partial charge in [0.1, 0.15) is 0 Å². The monoisotopic (exact) mass is 332 g/mol. The van der Waals surface area contributed by atoms with Gasteiger partial charge in [-0.05, 0) is 37.1 Å². The molecule has 0 bridgehead atoms. The van der Waals surface area contributed by atoms with Crippen molar-refractivity contribution in [2.45, 2.75) is 42.5 Å². The lowest BCUT2D eigenvalue weighted by Gasteiger charge is -2.36. The van der Waals surface area contributed by atoms with Crippen molar-refractivity contribution < 1.29 is 8.42 Å². The Kier molecular flexibility index (Phi) is 4.69. The van der Waals surface area contributed by atoms with E-state index in [1.54, 1.807) is 12.1 Å². The zero-order valence-corrected chi connectivity index (χ0v) is 13.3. The fourth-order valence-electron chi connectivity index (χ4n) is 2.48. The molecule has 0 spiro atoms. The van der Waals surface area contributed by atoms with Crippen molar-refractivity contribution in [1.29, 1.82) is 0 Å². The number of halogens is 1. The van der Waals surface area contributed by atoms with Gasteiger partial charge in [0.2, 0.25) is 10.0 Å². The molecule has 1 saturated carbocycles. The van der Waals surface area contributed by atoms with E-state index in [2.05, 4.69) is 4.72 Å². The number of benzene rings is 1. The van der Waals surface area contributed by atoms with Crippen LogP contribution in [0.25, 0.3) is 0 Å². The molecule has 0 unspecified atom stereocenters. The van der Waals surface area contributed by atoms with E-state index in [0.29, 0.717) is 17.9 Å². The standard InChI is InChI=1S/C13H17ClN2O2S2/c14-10-4-6-11(7-5-10)20(17,18)16-13(12(15)19)8-2-1-3-9-13/h4-7,16H,1-3,8-9H2,(H2,15,19). The minimum Gasteiger partial charge on any atom is -0.392 e. The SMILES string of the molecule is NC(=S)C1(NS(=O)(=O)c2ccc(Cl)cc2)CCCCC1. The molecule has 7 heteroatoms. The molecule has 20 heavy (non-hydrogen) atoms. The summed E-state index contributed by atoms with van der Waals surface area (Å²) < 4.78 is 27.6. The topological polar surface area (TPSA) is 72.2 Å². The van der Waals surface area contributed by atoms with E-state index in [0.717, 1.165) is 19.3 Å². The smallest absolute Gasteiger partial charge is 0.241 e. The molecule has 0 amide bonds. The summed E-state index contributed by atoms with van der Waals surface area (Å²) in [5.74, 6) is 0. The van der Waals surface area contributed by atoms with Crippen LogP contribution in [0, 0.1) is 0 Å². The maximum absolute atomic E-state index is 12.5. The first-order valence-corrected chi connectivity index (χ1v) is 8.72. The van der Waals surface area contributed by atoms with E-state index in [1.807, 2.05) is 0 Å². The maximum atomic E-state index is 12.5. The lowest BCUT2D eigenvalue weighted by molar-refractivity contribution is 0.353. The Hall–Kier alpha value is -0.690. The minimum absolute atomic E-state index is 0.170. The molecule has 4 nitrogen and oxygen atoms in total. The molecular weight excluding hydrogens is 316 g/mol. The van der Waals surface area contributed by atoms with Crippen LogP contribution in [-0.4, -0.2) is 18.9 Å². The zero-order chi connectivity index (χ0) is 14.8. The summed E-state index contributed by atoms with van der Waals surface area (Å²) in [5, 5.41) is 0.491. The molecule has 0 radical (unpaired) electrons. The molecule has 110 valence electrons. The van der Waals surface area contributed by atoms with Crippen LogP contribution in [0.4, 0.5) is 0 Å². The molecule has 1 aliphatic rings. The van der Waals surface area contributed by atoms with Gasteiger partial charge >= 0.3 is 0 Å². The van der Waals surface area contributed by atoms with Gasteiger partial charge in [0.05, 0.1) is 15.4 Å². The van der Waals surface area contributed by atoms with E-state index in [1.165, 1.54) is 12.1 Å². The van der Waals surface area contributed by atoms with Gasteiger partial charge in [-0.25, -0.2) is 8.42 Å². The van der Waals surface area contributed by atoms with Gasteiger partial charge in [0.25, 0.3) is 0 Å². The first-order chi connectivity index (χ1) is 9.36. The zero-order valence-electron chi connectivity index (χ0n) is 10.9. The third kappa shape index (κ3) is 3.31. The number of thiocarbonyl (C=S) groups is 1. The number of nitrogens with one attached hydrogen (secondary N) is 1. The van der Waals surface area contributed by atoms with Crippen LogP contribution in [-0.2, 0) is 10.0 Å². The fourth-order valence-corrected chi connectivity index (χ4v) is 4.37. The van der Waals surface area contributed by atoms with Crippen molar-refractivity contribution in [3.63, 3.8) is 0 Å². The molecule has 0 aromatic heterocycles. The van der Waals surface area contributed by atoms with Crippen molar-refractivity contribution >= 4 is 38.8 Å². The Labute approximate surface area is 129 Å². The van der Waals surface area contributed by atoms with Gasteiger partial charge in [-0.3, -0.25) is 0 Å². The molecule has 0 heterocycles. The van der Waals surface area contributed by atoms with Crippen LogP contribution in [0.3, 0.4) is 0 Å². The molecule has 1 aliphatic carbocycles. The van der Waals surface area contributed by atoms with E-state index < -0.39 is 15.6 Å². The van der Waals surface area contributed by atoms with Crippen LogP contribution >= 0.6 is 23.8 Å². The Morgan fingerprint density at radius 2 is 1.75 bits per heavy atom. The van der Waals surface area contributed by atoms with Gasteiger partial charge in [0.15, 0.2) is 0 Å². The first kappa shape index (κ1) is 15.7. The highest BCUT2D eigenvalue weighted by Crippen LogP contribution is 2.30. The molecule has 1 fully saturated rings. The van der Waals surface area contributed by atoms with Crippen molar-refractivity contribution in [2.24, 2.45) is 5.73 Å². The van der Waals surface area contributed by atoms with E-state index in [-0.39, 0.29) is 9.88 Å². The number of sulfonamides is 1. The van der Waals surface area contributed by atoms with Crippen LogP contribution in [0.1, 0.15) is 32.1 Å². The van der Waals surface area contributed by atoms with Gasteiger partial charge in [-0.15, -0.1) is 0 Å². The summed E-state index contributed by atoms with van der Waals surface area (Å²) in [5.41, 5.74) is 5.00. The van der Waals surface area contributed by atoms with Crippen molar-refractivity contribution in [3.05, 3.63) is 29.3 Å². The van der Waals surface area contributed by atoms with Crippen molar-refractivity contribution in [2.75, 3.05) is 0 Å². The largest absolute Gasteiger partial charge is 0.392 e. The van der Waals surface area contributed by atoms with Crippen LogP contribution in [0.15, 0.2) is 29.2 Å². The molecule has 0 saturated heterocycles. The molecule has 1 aromatic rings. The molecule has 0 aliphatic heterocycles. The normalized spacial score (nSPS) is 18.6. The van der Waals surface area contributed by atoms with Gasteiger partial charge in [0, 0.05) is 5.02 Å². The lowest BCUT2D eigenvalue weighted by Crippen LogP contribution is -2.57. The average Bonchev–Trinajstić information content (AvgIpc) is 2.39. The molecule has 1 aromatic carbocycles.